The van der Waals surface area contributed by atoms with Crippen LogP contribution in [0.4, 0.5) is 0 Å². The van der Waals surface area contributed by atoms with Crippen molar-refractivity contribution in [2.75, 3.05) is 5.75 Å². The van der Waals surface area contributed by atoms with Crippen molar-refractivity contribution in [1.82, 2.24) is 4.72 Å². The molecule has 0 aliphatic rings. The summed E-state index contributed by atoms with van der Waals surface area (Å²) in [7, 11) is -3.38. The molecular weight excluding hydrogens is 252 g/mol. The first-order valence-electron chi connectivity index (χ1n) is 4.20. The summed E-state index contributed by atoms with van der Waals surface area (Å²) < 4.78 is 25.1. The predicted octanol–water partition coefficient (Wildman–Crippen LogP) is 0.762. The lowest BCUT2D eigenvalue weighted by atomic mass is 10.4. The maximum absolute atomic E-state index is 11.3. The molecule has 1 rings (SSSR count). The molecule has 0 aliphatic carbocycles. The summed E-state index contributed by atoms with van der Waals surface area (Å²) in [6, 6.07) is 3.84. The van der Waals surface area contributed by atoms with Crippen LogP contribution in [-0.2, 0) is 16.6 Å². The van der Waals surface area contributed by atoms with Gasteiger partial charge in [-0.25, -0.2) is 13.1 Å². The van der Waals surface area contributed by atoms with Gasteiger partial charge in [0.15, 0.2) is 0 Å². The summed E-state index contributed by atoms with van der Waals surface area (Å²) in [5.74, 6) is -0.299. The van der Waals surface area contributed by atoms with E-state index in [1.165, 1.54) is 0 Å². The quantitative estimate of drug-likeness (QED) is 0.770. The van der Waals surface area contributed by atoms with Crippen molar-refractivity contribution < 1.29 is 8.42 Å². The minimum atomic E-state index is -3.38. The first-order chi connectivity index (χ1) is 6.89. The number of thiophene rings is 1. The average Bonchev–Trinajstić information content (AvgIpc) is 2.46. The second-order valence-electron chi connectivity index (χ2n) is 3.06. The van der Waals surface area contributed by atoms with Gasteiger partial charge in [-0.2, -0.15) is 0 Å². The Labute approximate surface area is 98.5 Å². The van der Waals surface area contributed by atoms with Crippen LogP contribution in [-0.4, -0.2) is 19.2 Å². The van der Waals surface area contributed by atoms with E-state index in [4.69, 9.17) is 5.73 Å². The Kier molecular flexibility index (Phi) is 4.21. The van der Waals surface area contributed by atoms with Crippen molar-refractivity contribution in [3.63, 3.8) is 0 Å². The zero-order valence-electron chi connectivity index (χ0n) is 8.19. The summed E-state index contributed by atoms with van der Waals surface area (Å²) in [5, 5.41) is 0. The van der Waals surface area contributed by atoms with Gasteiger partial charge >= 0.3 is 0 Å². The fourth-order valence-corrected chi connectivity index (χ4v) is 3.24. The number of nitrogens with one attached hydrogen (secondary N) is 1. The van der Waals surface area contributed by atoms with E-state index in [1.54, 1.807) is 11.3 Å². The summed E-state index contributed by atoms with van der Waals surface area (Å²) >= 11 is 6.10. The Morgan fingerprint density at radius 1 is 1.60 bits per heavy atom. The van der Waals surface area contributed by atoms with E-state index >= 15 is 0 Å². The SMILES string of the molecule is Cc1ccc(CNS(=O)(=O)CC(N)=S)s1. The minimum absolute atomic E-state index is 0.0233. The third kappa shape index (κ3) is 4.70. The average molecular weight is 264 g/mol. The number of hydrogen-bond acceptors (Lipinski definition) is 4. The topological polar surface area (TPSA) is 72.2 Å². The molecule has 7 heteroatoms. The molecule has 0 aromatic carbocycles. The Balaban J connectivity index is 2.53. The number of hydrogen-bond donors (Lipinski definition) is 2. The smallest absolute Gasteiger partial charge is 0.218 e. The van der Waals surface area contributed by atoms with E-state index in [0.29, 0.717) is 6.54 Å². The fraction of sp³-hybridized carbons (Fsp3) is 0.375. The van der Waals surface area contributed by atoms with Crippen LogP contribution in [0.15, 0.2) is 12.1 Å². The maximum atomic E-state index is 11.3. The third-order valence-electron chi connectivity index (χ3n) is 1.59. The van der Waals surface area contributed by atoms with Gasteiger partial charge in [-0.1, -0.05) is 12.2 Å². The monoisotopic (exact) mass is 264 g/mol. The van der Waals surface area contributed by atoms with Crippen LogP contribution in [0.25, 0.3) is 0 Å². The Morgan fingerprint density at radius 3 is 2.73 bits per heavy atom. The Bertz CT molecular complexity index is 450. The van der Waals surface area contributed by atoms with Crippen LogP contribution in [0.2, 0.25) is 0 Å². The van der Waals surface area contributed by atoms with Gasteiger partial charge in [-0.05, 0) is 19.1 Å². The third-order valence-corrected chi connectivity index (χ3v) is 4.20. The second kappa shape index (κ2) is 5.02. The number of rotatable bonds is 5. The molecule has 15 heavy (non-hydrogen) atoms. The van der Waals surface area contributed by atoms with Crippen LogP contribution >= 0.6 is 23.6 Å². The lowest BCUT2D eigenvalue weighted by molar-refractivity contribution is 0.586. The highest BCUT2D eigenvalue weighted by molar-refractivity contribution is 7.92. The number of thiocarbonyl (C=S) groups is 1. The molecule has 0 amide bonds. The molecule has 1 aromatic rings. The molecule has 0 saturated heterocycles. The molecule has 0 spiro atoms. The molecule has 0 atom stereocenters. The summed E-state index contributed by atoms with van der Waals surface area (Å²) in [6.07, 6.45) is 0. The van der Waals surface area contributed by atoms with E-state index in [2.05, 4.69) is 16.9 Å². The maximum Gasteiger partial charge on any atom is 0.218 e. The van der Waals surface area contributed by atoms with Crippen molar-refractivity contribution in [3.8, 4) is 0 Å². The summed E-state index contributed by atoms with van der Waals surface area (Å²) in [4.78, 5) is 2.10. The van der Waals surface area contributed by atoms with Crippen LogP contribution < -0.4 is 10.5 Å². The number of aryl methyl sites for hydroxylation is 1. The minimum Gasteiger partial charge on any atom is -0.392 e. The molecule has 0 radical (unpaired) electrons. The number of sulfonamides is 1. The van der Waals surface area contributed by atoms with Gasteiger partial charge in [-0.3, -0.25) is 0 Å². The van der Waals surface area contributed by atoms with Crippen LogP contribution in [0.1, 0.15) is 9.75 Å². The Hall–Kier alpha value is -0.500. The predicted molar refractivity (Wildman–Crippen MR) is 66.5 cm³/mol. The first-order valence-corrected chi connectivity index (χ1v) is 7.08. The molecular formula is C8H12N2O2S3. The molecule has 1 heterocycles. The van der Waals surface area contributed by atoms with Crippen LogP contribution in [0.5, 0.6) is 0 Å². The second-order valence-corrected chi connectivity index (χ2v) is 6.76. The van der Waals surface area contributed by atoms with Crippen LogP contribution in [0.3, 0.4) is 0 Å². The van der Waals surface area contributed by atoms with Gasteiger partial charge in [0, 0.05) is 16.3 Å². The van der Waals surface area contributed by atoms with E-state index < -0.39 is 10.0 Å². The van der Waals surface area contributed by atoms with E-state index in [0.717, 1.165) is 9.75 Å². The van der Waals surface area contributed by atoms with Crippen molar-refractivity contribution in [3.05, 3.63) is 21.9 Å². The van der Waals surface area contributed by atoms with E-state index in [9.17, 15) is 8.42 Å². The molecule has 0 fully saturated rings. The molecule has 84 valence electrons. The highest BCUT2D eigenvalue weighted by Crippen LogP contribution is 2.14. The van der Waals surface area contributed by atoms with Gasteiger partial charge < -0.3 is 5.73 Å². The van der Waals surface area contributed by atoms with Crippen molar-refractivity contribution >= 4 is 38.6 Å². The van der Waals surface area contributed by atoms with Gasteiger partial charge in [0.2, 0.25) is 10.0 Å². The Morgan fingerprint density at radius 2 is 2.27 bits per heavy atom. The lowest BCUT2D eigenvalue weighted by Gasteiger charge is -2.03. The van der Waals surface area contributed by atoms with Gasteiger partial charge in [-0.15, -0.1) is 11.3 Å². The standard InChI is InChI=1S/C8H12N2O2S3/c1-6-2-3-7(14-6)4-10-15(11,12)5-8(9)13/h2-3,10H,4-5H2,1H3,(H2,9,13). The van der Waals surface area contributed by atoms with Crippen molar-refractivity contribution in [2.24, 2.45) is 5.73 Å². The lowest BCUT2D eigenvalue weighted by Crippen LogP contribution is -2.31. The molecule has 4 nitrogen and oxygen atoms in total. The molecule has 0 aliphatic heterocycles. The molecule has 1 aromatic heterocycles. The zero-order valence-corrected chi connectivity index (χ0v) is 10.6. The molecule has 0 saturated carbocycles. The van der Waals surface area contributed by atoms with Gasteiger partial charge in [0.25, 0.3) is 0 Å². The van der Waals surface area contributed by atoms with E-state index in [-0.39, 0.29) is 10.7 Å². The highest BCUT2D eigenvalue weighted by atomic mass is 32.2. The summed E-state index contributed by atoms with van der Waals surface area (Å²) in [6.45, 7) is 2.27. The first kappa shape index (κ1) is 12.6. The number of nitrogens with two attached hydrogens (primary N) is 1. The van der Waals surface area contributed by atoms with E-state index in [1.807, 2.05) is 19.1 Å². The summed E-state index contributed by atoms with van der Waals surface area (Å²) in [5.41, 5.74) is 5.17. The fourth-order valence-electron chi connectivity index (χ4n) is 1.000. The van der Waals surface area contributed by atoms with Gasteiger partial charge in [0.05, 0.1) is 4.99 Å². The highest BCUT2D eigenvalue weighted by Gasteiger charge is 2.11. The van der Waals surface area contributed by atoms with Crippen LogP contribution in [0, 0.1) is 6.92 Å². The van der Waals surface area contributed by atoms with Crippen molar-refractivity contribution in [1.29, 1.82) is 0 Å². The normalized spacial score (nSPS) is 11.5. The molecule has 3 N–H and O–H groups in total. The molecule has 0 bridgehead atoms. The largest absolute Gasteiger partial charge is 0.392 e. The zero-order chi connectivity index (χ0) is 11.5. The van der Waals surface area contributed by atoms with Gasteiger partial charge in [0.1, 0.15) is 5.75 Å². The molecule has 0 unspecified atom stereocenters. The van der Waals surface area contributed by atoms with Crippen molar-refractivity contribution in [2.45, 2.75) is 13.5 Å².